The SMILES string of the molecule is CCOC1CCN(C(=NC)NCCNC(=O)c2ccc(Cl)c(Cl)c2)CC1. The number of halogens is 2. The highest BCUT2D eigenvalue weighted by Crippen LogP contribution is 2.22. The summed E-state index contributed by atoms with van der Waals surface area (Å²) in [5.41, 5.74) is 0.488. The Kier molecular flexibility index (Phi) is 8.48. The van der Waals surface area contributed by atoms with Crippen molar-refractivity contribution in [3.63, 3.8) is 0 Å². The molecule has 1 aliphatic heterocycles. The van der Waals surface area contributed by atoms with Gasteiger partial charge in [-0.05, 0) is 38.0 Å². The van der Waals surface area contributed by atoms with E-state index in [1.807, 2.05) is 6.92 Å². The van der Waals surface area contributed by atoms with Gasteiger partial charge in [-0.25, -0.2) is 0 Å². The summed E-state index contributed by atoms with van der Waals surface area (Å²) in [4.78, 5) is 18.7. The second-order valence-electron chi connectivity index (χ2n) is 6.00. The van der Waals surface area contributed by atoms with Gasteiger partial charge >= 0.3 is 0 Å². The molecule has 0 aliphatic carbocycles. The van der Waals surface area contributed by atoms with Gasteiger partial charge in [-0.2, -0.15) is 0 Å². The van der Waals surface area contributed by atoms with Crippen LogP contribution >= 0.6 is 23.2 Å². The Hall–Kier alpha value is -1.50. The molecule has 0 aromatic heterocycles. The van der Waals surface area contributed by atoms with Crippen LogP contribution in [0.4, 0.5) is 0 Å². The molecule has 0 bridgehead atoms. The maximum absolute atomic E-state index is 12.1. The van der Waals surface area contributed by atoms with Crippen LogP contribution in [0, 0.1) is 0 Å². The summed E-state index contributed by atoms with van der Waals surface area (Å²) in [5, 5.41) is 6.94. The fraction of sp³-hybridized carbons (Fsp3) is 0.556. The number of nitrogens with one attached hydrogen (secondary N) is 2. The van der Waals surface area contributed by atoms with Gasteiger partial charge in [-0.1, -0.05) is 23.2 Å². The zero-order valence-electron chi connectivity index (χ0n) is 15.2. The van der Waals surface area contributed by atoms with E-state index in [0.29, 0.717) is 34.8 Å². The summed E-state index contributed by atoms with van der Waals surface area (Å²) in [6.45, 7) is 5.69. The molecule has 8 heteroatoms. The largest absolute Gasteiger partial charge is 0.378 e. The molecule has 2 rings (SSSR count). The van der Waals surface area contributed by atoms with E-state index in [0.717, 1.165) is 38.5 Å². The predicted molar refractivity (Wildman–Crippen MR) is 106 cm³/mol. The van der Waals surface area contributed by atoms with E-state index >= 15 is 0 Å². The van der Waals surface area contributed by atoms with Crippen molar-refractivity contribution in [1.29, 1.82) is 0 Å². The minimum Gasteiger partial charge on any atom is -0.378 e. The van der Waals surface area contributed by atoms with E-state index in [4.69, 9.17) is 27.9 Å². The molecule has 0 spiro atoms. The molecule has 1 heterocycles. The van der Waals surface area contributed by atoms with Gasteiger partial charge in [0, 0.05) is 45.4 Å². The van der Waals surface area contributed by atoms with Crippen molar-refractivity contribution in [2.45, 2.75) is 25.9 Å². The molecule has 144 valence electrons. The van der Waals surface area contributed by atoms with Crippen molar-refractivity contribution in [3.8, 4) is 0 Å². The maximum atomic E-state index is 12.1. The number of rotatable bonds is 6. The van der Waals surface area contributed by atoms with Gasteiger partial charge < -0.3 is 20.3 Å². The molecule has 6 nitrogen and oxygen atoms in total. The molecule has 26 heavy (non-hydrogen) atoms. The van der Waals surface area contributed by atoms with Crippen LogP contribution in [0.2, 0.25) is 10.0 Å². The van der Waals surface area contributed by atoms with Crippen LogP contribution in [0.5, 0.6) is 0 Å². The molecule has 2 N–H and O–H groups in total. The third kappa shape index (κ3) is 6.04. The van der Waals surface area contributed by atoms with E-state index in [-0.39, 0.29) is 5.91 Å². The quantitative estimate of drug-likeness (QED) is 0.437. The highest BCUT2D eigenvalue weighted by Gasteiger charge is 2.21. The number of benzene rings is 1. The lowest BCUT2D eigenvalue weighted by Crippen LogP contribution is -2.48. The predicted octanol–water partition coefficient (Wildman–Crippen LogP) is 2.80. The van der Waals surface area contributed by atoms with E-state index in [9.17, 15) is 4.79 Å². The number of nitrogens with zero attached hydrogens (tertiary/aromatic N) is 2. The topological polar surface area (TPSA) is 66.0 Å². The van der Waals surface area contributed by atoms with Crippen LogP contribution in [0.15, 0.2) is 23.2 Å². The van der Waals surface area contributed by atoms with E-state index in [1.54, 1.807) is 25.2 Å². The number of carbonyl (C=O) groups excluding carboxylic acids is 1. The average Bonchev–Trinajstić information content (AvgIpc) is 2.65. The van der Waals surface area contributed by atoms with E-state index in [2.05, 4.69) is 20.5 Å². The van der Waals surface area contributed by atoms with Crippen LogP contribution < -0.4 is 10.6 Å². The summed E-state index contributed by atoms with van der Waals surface area (Å²) in [5.74, 6) is 0.668. The highest BCUT2D eigenvalue weighted by atomic mass is 35.5. The molecule has 1 aliphatic rings. The minimum atomic E-state index is -0.183. The Balaban J connectivity index is 1.72. The molecule has 0 unspecified atom stereocenters. The van der Waals surface area contributed by atoms with Crippen LogP contribution in [-0.4, -0.2) is 62.7 Å². The first-order valence-corrected chi connectivity index (χ1v) is 9.61. The smallest absolute Gasteiger partial charge is 0.251 e. The van der Waals surface area contributed by atoms with E-state index in [1.165, 1.54) is 0 Å². The summed E-state index contributed by atoms with van der Waals surface area (Å²) < 4.78 is 5.68. The number of carbonyl (C=O) groups is 1. The molecule has 1 aromatic carbocycles. The minimum absolute atomic E-state index is 0.183. The number of likely N-dealkylation sites (tertiary alicyclic amines) is 1. The number of aliphatic imine (C=N–C) groups is 1. The Labute approximate surface area is 164 Å². The van der Waals surface area contributed by atoms with Gasteiger partial charge in [0.1, 0.15) is 0 Å². The van der Waals surface area contributed by atoms with Gasteiger partial charge in [-0.15, -0.1) is 0 Å². The average molecular weight is 401 g/mol. The lowest BCUT2D eigenvalue weighted by Gasteiger charge is -2.34. The Morgan fingerprint density at radius 1 is 1.23 bits per heavy atom. The van der Waals surface area contributed by atoms with Crippen molar-refractivity contribution < 1.29 is 9.53 Å². The Morgan fingerprint density at radius 3 is 2.54 bits per heavy atom. The fourth-order valence-electron chi connectivity index (χ4n) is 2.89. The lowest BCUT2D eigenvalue weighted by molar-refractivity contribution is 0.0264. The second kappa shape index (κ2) is 10.6. The molecular weight excluding hydrogens is 375 g/mol. The third-order valence-electron chi connectivity index (χ3n) is 4.23. The third-order valence-corrected chi connectivity index (χ3v) is 4.97. The number of amides is 1. The first kappa shape index (κ1) is 20.8. The summed E-state index contributed by atoms with van der Waals surface area (Å²) in [7, 11) is 1.77. The Morgan fingerprint density at radius 2 is 1.92 bits per heavy atom. The molecule has 0 radical (unpaired) electrons. The van der Waals surface area contributed by atoms with Crippen LogP contribution in [0.25, 0.3) is 0 Å². The molecular formula is C18H26Cl2N4O2. The van der Waals surface area contributed by atoms with Crippen molar-refractivity contribution in [1.82, 2.24) is 15.5 Å². The number of hydrogen-bond donors (Lipinski definition) is 2. The maximum Gasteiger partial charge on any atom is 0.251 e. The van der Waals surface area contributed by atoms with Crippen LogP contribution in [0.1, 0.15) is 30.1 Å². The Bertz CT molecular complexity index is 632. The molecule has 1 amide bonds. The van der Waals surface area contributed by atoms with Crippen molar-refractivity contribution in [3.05, 3.63) is 33.8 Å². The fourth-order valence-corrected chi connectivity index (χ4v) is 3.19. The molecule has 1 saturated heterocycles. The molecule has 1 fully saturated rings. The van der Waals surface area contributed by atoms with Crippen molar-refractivity contribution >= 4 is 35.1 Å². The number of hydrogen-bond acceptors (Lipinski definition) is 3. The van der Waals surface area contributed by atoms with Gasteiger partial charge in [-0.3, -0.25) is 9.79 Å². The molecule has 0 atom stereocenters. The van der Waals surface area contributed by atoms with Gasteiger partial charge in [0.25, 0.3) is 5.91 Å². The zero-order valence-corrected chi connectivity index (χ0v) is 16.7. The highest BCUT2D eigenvalue weighted by molar-refractivity contribution is 6.42. The first-order chi connectivity index (χ1) is 12.5. The van der Waals surface area contributed by atoms with Crippen LogP contribution in [-0.2, 0) is 4.74 Å². The monoisotopic (exact) mass is 400 g/mol. The molecule has 0 saturated carbocycles. The van der Waals surface area contributed by atoms with Gasteiger partial charge in [0.2, 0.25) is 0 Å². The first-order valence-electron chi connectivity index (χ1n) is 8.85. The summed E-state index contributed by atoms with van der Waals surface area (Å²) in [6.07, 6.45) is 2.35. The zero-order chi connectivity index (χ0) is 18.9. The summed E-state index contributed by atoms with van der Waals surface area (Å²) in [6, 6.07) is 4.83. The van der Waals surface area contributed by atoms with Gasteiger partial charge in [0.05, 0.1) is 16.1 Å². The van der Waals surface area contributed by atoms with Gasteiger partial charge in [0.15, 0.2) is 5.96 Å². The lowest BCUT2D eigenvalue weighted by atomic mass is 10.1. The molecule has 1 aromatic rings. The number of piperidine rings is 1. The number of ether oxygens (including phenoxy) is 1. The van der Waals surface area contributed by atoms with E-state index < -0.39 is 0 Å². The standard InChI is InChI=1S/C18H26Cl2N4O2/c1-3-26-14-6-10-24(11-7-14)18(21-2)23-9-8-22-17(25)13-4-5-15(19)16(20)12-13/h4-5,12,14H,3,6-11H2,1-2H3,(H,21,23)(H,22,25). The van der Waals surface area contributed by atoms with Crippen molar-refractivity contribution in [2.24, 2.45) is 4.99 Å². The number of guanidine groups is 1. The normalized spacial score (nSPS) is 15.8. The van der Waals surface area contributed by atoms with Crippen LogP contribution in [0.3, 0.4) is 0 Å². The summed E-state index contributed by atoms with van der Waals surface area (Å²) >= 11 is 11.8. The second-order valence-corrected chi connectivity index (χ2v) is 6.81. The van der Waals surface area contributed by atoms with Crippen molar-refractivity contribution in [2.75, 3.05) is 39.8 Å².